The number of aromatic nitrogens is 2. The van der Waals surface area contributed by atoms with E-state index in [9.17, 15) is 4.79 Å². The number of carbonyl (C=O) groups is 1. The summed E-state index contributed by atoms with van der Waals surface area (Å²) in [5.74, 6) is 0.122. The molecule has 0 saturated carbocycles. The number of rotatable bonds is 3. The minimum Gasteiger partial charge on any atom is -0.292 e. The number of nitrogens with zero attached hydrogens (tertiary/aromatic N) is 2. The quantitative estimate of drug-likeness (QED) is 0.736. The smallest absolute Gasteiger partial charge is 0.180 e. The van der Waals surface area contributed by atoms with Crippen LogP contribution in [0.25, 0.3) is 11.3 Å². The Balaban J connectivity index is 2.42. The molecule has 0 aliphatic carbocycles. The van der Waals surface area contributed by atoms with Crippen molar-refractivity contribution in [3.05, 3.63) is 42.1 Å². The van der Waals surface area contributed by atoms with Gasteiger partial charge in [-0.3, -0.25) is 9.48 Å². The third-order valence-electron chi connectivity index (χ3n) is 2.56. The van der Waals surface area contributed by atoms with Gasteiger partial charge >= 0.3 is 0 Å². The lowest BCUT2D eigenvalue weighted by Crippen LogP contribution is -2.04. The average molecular weight is 214 g/mol. The van der Waals surface area contributed by atoms with Gasteiger partial charge < -0.3 is 0 Å². The van der Waals surface area contributed by atoms with Gasteiger partial charge in [-0.25, -0.2) is 0 Å². The number of carbonyl (C=O) groups excluding carboxylic acids is 1. The number of Topliss-reactive ketones (excluding diaryl/α,β-unsaturated/α-hetero) is 1. The topological polar surface area (TPSA) is 34.9 Å². The number of aryl methyl sites for hydroxylation is 1. The summed E-state index contributed by atoms with van der Waals surface area (Å²) in [4.78, 5) is 11.6. The van der Waals surface area contributed by atoms with Crippen molar-refractivity contribution in [3.63, 3.8) is 0 Å². The van der Waals surface area contributed by atoms with Gasteiger partial charge in [0.15, 0.2) is 5.78 Å². The van der Waals surface area contributed by atoms with Crippen LogP contribution < -0.4 is 0 Å². The predicted molar refractivity (Wildman–Crippen MR) is 63.3 cm³/mol. The molecule has 0 radical (unpaired) electrons. The Kier molecular flexibility index (Phi) is 2.86. The Hall–Kier alpha value is -1.90. The normalized spacial score (nSPS) is 10.4. The highest BCUT2D eigenvalue weighted by Gasteiger charge is 2.11. The van der Waals surface area contributed by atoms with E-state index in [0.29, 0.717) is 12.1 Å². The highest BCUT2D eigenvalue weighted by Crippen LogP contribution is 2.18. The first-order valence-corrected chi connectivity index (χ1v) is 5.35. The Labute approximate surface area is 94.7 Å². The van der Waals surface area contributed by atoms with E-state index in [1.54, 1.807) is 11.7 Å². The van der Waals surface area contributed by atoms with E-state index < -0.39 is 0 Å². The molecular weight excluding hydrogens is 200 g/mol. The van der Waals surface area contributed by atoms with Crippen LogP contribution in [0.4, 0.5) is 0 Å². The van der Waals surface area contributed by atoms with Crippen LogP contribution in [0.15, 0.2) is 36.4 Å². The summed E-state index contributed by atoms with van der Waals surface area (Å²) < 4.78 is 1.65. The lowest BCUT2D eigenvalue weighted by molar-refractivity contribution is 0.0979. The third kappa shape index (κ3) is 1.89. The Morgan fingerprint density at radius 1 is 1.31 bits per heavy atom. The Morgan fingerprint density at radius 3 is 2.62 bits per heavy atom. The van der Waals surface area contributed by atoms with E-state index in [0.717, 1.165) is 11.3 Å². The maximum atomic E-state index is 11.6. The van der Waals surface area contributed by atoms with E-state index in [1.807, 2.05) is 43.3 Å². The zero-order valence-corrected chi connectivity index (χ0v) is 9.47. The number of hydrogen-bond donors (Lipinski definition) is 0. The van der Waals surface area contributed by atoms with Crippen LogP contribution in [0.3, 0.4) is 0 Å². The van der Waals surface area contributed by atoms with E-state index in [2.05, 4.69) is 5.10 Å². The lowest BCUT2D eigenvalue weighted by atomic mass is 10.1. The molecule has 0 bridgehead atoms. The minimum absolute atomic E-state index is 0.122. The second-order valence-corrected chi connectivity index (χ2v) is 3.68. The number of hydrogen-bond acceptors (Lipinski definition) is 2. The zero-order valence-electron chi connectivity index (χ0n) is 9.47. The van der Waals surface area contributed by atoms with E-state index in [1.165, 1.54) is 0 Å². The molecular formula is C13H14N2O. The molecule has 0 aliphatic rings. The average Bonchev–Trinajstić information content (AvgIpc) is 2.71. The first-order valence-electron chi connectivity index (χ1n) is 5.35. The van der Waals surface area contributed by atoms with Crippen molar-refractivity contribution < 1.29 is 4.79 Å². The van der Waals surface area contributed by atoms with Crippen LogP contribution in [0, 0.1) is 0 Å². The molecule has 0 spiro atoms. The molecule has 1 aromatic carbocycles. The molecule has 0 saturated heterocycles. The molecule has 0 aliphatic heterocycles. The second kappa shape index (κ2) is 4.31. The SMILES string of the molecule is CCC(=O)c1cc(-c2ccccc2)nn1C. The monoisotopic (exact) mass is 214 g/mol. The molecule has 82 valence electrons. The summed E-state index contributed by atoms with van der Waals surface area (Å²) in [5.41, 5.74) is 2.55. The van der Waals surface area contributed by atoms with Gasteiger partial charge in [0.25, 0.3) is 0 Å². The molecule has 3 heteroatoms. The zero-order chi connectivity index (χ0) is 11.5. The van der Waals surface area contributed by atoms with Crippen LogP contribution in [0.2, 0.25) is 0 Å². The number of ketones is 1. The van der Waals surface area contributed by atoms with Gasteiger partial charge in [0.05, 0.1) is 5.69 Å². The Morgan fingerprint density at radius 2 is 2.00 bits per heavy atom. The predicted octanol–water partition coefficient (Wildman–Crippen LogP) is 2.68. The minimum atomic E-state index is 0.122. The highest BCUT2D eigenvalue weighted by atomic mass is 16.1. The van der Waals surface area contributed by atoms with E-state index in [-0.39, 0.29) is 5.78 Å². The number of benzene rings is 1. The summed E-state index contributed by atoms with van der Waals surface area (Å²) in [5, 5.41) is 4.35. The Bertz CT molecular complexity index is 500. The van der Waals surface area contributed by atoms with Crippen molar-refractivity contribution in [2.75, 3.05) is 0 Å². The van der Waals surface area contributed by atoms with Crippen molar-refractivity contribution in [1.82, 2.24) is 9.78 Å². The molecule has 0 fully saturated rings. The van der Waals surface area contributed by atoms with Gasteiger partial charge in [-0.2, -0.15) is 5.10 Å². The largest absolute Gasteiger partial charge is 0.292 e. The van der Waals surface area contributed by atoms with Gasteiger partial charge in [-0.15, -0.1) is 0 Å². The molecule has 2 aromatic rings. The van der Waals surface area contributed by atoms with Crippen molar-refractivity contribution >= 4 is 5.78 Å². The standard InChI is InChI=1S/C13H14N2O/c1-3-13(16)12-9-11(14-15(12)2)10-7-5-4-6-8-10/h4-9H,3H2,1-2H3. The van der Waals surface area contributed by atoms with Crippen molar-refractivity contribution in [1.29, 1.82) is 0 Å². The van der Waals surface area contributed by atoms with Crippen LogP contribution in [-0.4, -0.2) is 15.6 Å². The van der Waals surface area contributed by atoms with Gasteiger partial charge in [-0.05, 0) is 6.07 Å². The fourth-order valence-electron chi connectivity index (χ4n) is 1.66. The van der Waals surface area contributed by atoms with Gasteiger partial charge in [-0.1, -0.05) is 37.3 Å². The molecule has 16 heavy (non-hydrogen) atoms. The van der Waals surface area contributed by atoms with Crippen molar-refractivity contribution in [2.45, 2.75) is 13.3 Å². The first kappa shape index (κ1) is 10.6. The summed E-state index contributed by atoms with van der Waals surface area (Å²) in [6, 6.07) is 11.7. The van der Waals surface area contributed by atoms with E-state index >= 15 is 0 Å². The third-order valence-corrected chi connectivity index (χ3v) is 2.56. The summed E-state index contributed by atoms with van der Waals surface area (Å²) >= 11 is 0. The van der Waals surface area contributed by atoms with Crippen LogP contribution in [0.1, 0.15) is 23.8 Å². The van der Waals surface area contributed by atoms with Crippen LogP contribution in [0.5, 0.6) is 0 Å². The van der Waals surface area contributed by atoms with Crippen LogP contribution in [-0.2, 0) is 7.05 Å². The summed E-state index contributed by atoms with van der Waals surface area (Å²) in [6.07, 6.45) is 0.508. The van der Waals surface area contributed by atoms with Crippen molar-refractivity contribution in [3.8, 4) is 11.3 Å². The van der Waals surface area contributed by atoms with Crippen LogP contribution >= 0.6 is 0 Å². The fourth-order valence-corrected chi connectivity index (χ4v) is 1.66. The van der Waals surface area contributed by atoms with Crippen molar-refractivity contribution in [2.24, 2.45) is 7.05 Å². The molecule has 1 heterocycles. The first-order chi connectivity index (χ1) is 7.72. The van der Waals surface area contributed by atoms with E-state index in [4.69, 9.17) is 0 Å². The molecule has 1 aromatic heterocycles. The van der Waals surface area contributed by atoms with Gasteiger partial charge in [0.2, 0.25) is 0 Å². The molecule has 0 unspecified atom stereocenters. The summed E-state index contributed by atoms with van der Waals surface area (Å²) in [6.45, 7) is 1.86. The highest BCUT2D eigenvalue weighted by molar-refractivity contribution is 5.95. The second-order valence-electron chi connectivity index (χ2n) is 3.68. The molecule has 0 amide bonds. The molecule has 0 atom stereocenters. The molecule has 0 N–H and O–H groups in total. The maximum absolute atomic E-state index is 11.6. The van der Waals surface area contributed by atoms with Gasteiger partial charge in [0, 0.05) is 19.0 Å². The maximum Gasteiger partial charge on any atom is 0.180 e. The molecule has 3 nitrogen and oxygen atoms in total. The lowest BCUT2D eigenvalue weighted by Gasteiger charge is -1.95. The fraction of sp³-hybridized carbons (Fsp3) is 0.231. The van der Waals surface area contributed by atoms with Gasteiger partial charge in [0.1, 0.15) is 5.69 Å². The molecule has 2 rings (SSSR count). The summed E-state index contributed by atoms with van der Waals surface area (Å²) in [7, 11) is 1.80.